The maximum Gasteiger partial charge on any atom is 0.164 e. The third-order valence-electron chi connectivity index (χ3n) is 10.9. The molecule has 0 radical (unpaired) electrons. The van der Waals surface area contributed by atoms with Crippen LogP contribution in [0.2, 0.25) is 0 Å². The standard InChI is InChI=1S/C53H57N5/c1-50(2,3)42-27-40(28-43(31-42)51(4,5)6)34-13-19-37(20-14-34)47-56-48(58-49(57-47)39-23-17-36(18-24-39)46-33-54-25-26-55-46)38-21-15-35(16-22-38)41-29-44(52(7,8)9)32-45(30-41)53(10,11)12/h13-33H,1-12H3. The van der Waals surface area contributed by atoms with Gasteiger partial charge in [0, 0.05) is 34.6 Å². The van der Waals surface area contributed by atoms with Crippen LogP contribution in [0.4, 0.5) is 0 Å². The molecule has 7 rings (SSSR count). The minimum absolute atomic E-state index is 0.0321. The van der Waals surface area contributed by atoms with Crippen LogP contribution in [-0.4, -0.2) is 24.9 Å². The molecule has 0 bridgehead atoms. The van der Waals surface area contributed by atoms with E-state index in [0.29, 0.717) is 17.5 Å². The van der Waals surface area contributed by atoms with Gasteiger partial charge in [-0.05, 0) is 66.2 Å². The van der Waals surface area contributed by atoms with Crippen LogP contribution in [-0.2, 0) is 21.7 Å². The van der Waals surface area contributed by atoms with Crippen molar-refractivity contribution in [2.45, 2.75) is 105 Å². The lowest BCUT2D eigenvalue weighted by Gasteiger charge is -2.26. The molecule has 5 aromatic carbocycles. The predicted molar refractivity (Wildman–Crippen MR) is 243 cm³/mol. The monoisotopic (exact) mass is 763 g/mol. The molecule has 0 saturated carbocycles. The molecule has 294 valence electrons. The number of hydrogen-bond donors (Lipinski definition) is 0. The lowest BCUT2D eigenvalue weighted by Crippen LogP contribution is -2.16. The van der Waals surface area contributed by atoms with Crippen molar-refractivity contribution in [1.82, 2.24) is 24.9 Å². The molecule has 0 aliphatic heterocycles. The summed E-state index contributed by atoms with van der Waals surface area (Å²) in [6.07, 6.45) is 5.16. The molecule has 5 nitrogen and oxygen atoms in total. The zero-order chi connectivity index (χ0) is 41.6. The molecule has 5 heteroatoms. The third-order valence-corrected chi connectivity index (χ3v) is 10.9. The molecule has 2 heterocycles. The van der Waals surface area contributed by atoms with E-state index in [1.807, 2.05) is 24.3 Å². The fourth-order valence-corrected chi connectivity index (χ4v) is 6.95. The Balaban J connectivity index is 1.30. The Kier molecular flexibility index (Phi) is 10.6. The van der Waals surface area contributed by atoms with Gasteiger partial charge >= 0.3 is 0 Å². The molecule has 0 saturated heterocycles. The molecule has 0 spiro atoms. The zero-order valence-electron chi connectivity index (χ0n) is 36.4. The number of rotatable bonds is 6. The summed E-state index contributed by atoms with van der Waals surface area (Å²) >= 11 is 0. The lowest BCUT2D eigenvalue weighted by atomic mass is 9.79. The van der Waals surface area contributed by atoms with Crippen molar-refractivity contribution in [3.63, 3.8) is 0 Å². The van der Waals surface area contributed by atoms with E-state index in [4.69, 9.17) is 15.0 Å². The van der Waals surface area contributed by atoms with Crippen LogP contribution in [0.25, 0.3) is 67.7 Å². The van der Waals surface area contributed by atoms with Crippen LogP contribution >= 0.6 is 0 Å². The van der Waals surface area contributed by atoms with Gasteiger partial charge in [0.15, 0.2) is 17.5 Å². The van der Waals surface area contributed by atoms with Crippen molar-refractivity contribution in [3.8, 4) is 67.7 Å². The maximum atomic E-state index is 5.11. The van der Waals surface area contributed by atoms with Crippen molar-refractivity contribution in [3.05, 3.63) is 150 Å². The quantitative estimate of drug-likeness (QED) is 0.169. The largest absolute Gasteiger partial charge is 0.261 e. The second-order valence-corrected chi connectivity index (χ2v) is 19.7. The maximum absolute atomic E-state index is 5.11. The molecular weight excluding hydrogens is 707 g/mol. The average molecular weight is 764 g/mol. The van der Waals surface area contributed by atoms with Crippen molar-refractivity contribution in [2.75, 3.05) is 0 Å². The van der Waals surface area contributed by atoms with Crippen molar-refractivity contribution >= 4 is 0 Å². The number of aromatic nitrogens is 5. The van der Waals surface area contributed by atoms with Gasteiger partial charge in [0.2, 0.25) is 0 Å². The Hall–Kier alpha value is -5.81. The average Bonchev–Trinajstić information content (AvgIpc) is 3.19. The topological polar surface area (TPSA) is 64.5 Å². The fraction of sp³-hybridized carbons (Fsp3) is 0.302. The first-order chi connectivity index (χ1) is 27.2. The minimum Gasteiger partial charge on any atom is -0.261 e. The Morgan fingerprint density at radius 3 is 0.879 bits per heavy atom. The Morgan fingerprint density at radius 2 is 0.603 bits per heavy atom. The summed E-state index contributed by atoms with van der Waals surface area (Å²) in [4.78, 5) is 24.0. The normalized spacial score (nSPS) is 12.5. The van der Waals surface area contributed by atoms with Crippen LogP contribution in [0.1, 0.15) is 105 Å². The Morgan fingerprint density at radius 1 is 0.310 bits per heavy atom. The van der Waals surface area contributed by atoms with Gasteiger partial charge in [-0.3, -0.25) is 9.97 Å². The van der Waals surface area contributed by atoms with Gasteiger partial charge in [0.25, 0.3) is 0 Å². The van der Waals surface area contributed by atoms with Crippen LogP contribution in [0.3, 0.4) is 0 Å². The molecular formula is C53H57N5. The summed E-state index contributed by atoms with van der Waals surface area (Å²) in [6.45, 7) is 27.4. The summed E-state index contributed by atoms with van der Waals surface area (Å²) < 4.78 is 0. The molecule has 7 aromatic rings. The first-order valence-electron chi connectivity index (χ1n) is 20.4. The summed E-state index contributed by atoms with van der Waals surface area (Å²) in [5, 5.41) is 0. The molecule has 0 unspecified atom stereocenters. The van der Waals surface area contributed by atoms with Crippen molar-refractivity contribution in [1.29, 1.82) is 0 Å². The van der Waals surface area contributed by atoms with E-state index >= 15 is 0 Å². The molecule has 0 fully saturated rings. The van der Waals surface area contributed by atoms with Crippen molar-refractivity contribution < 1.29 is 0 Å². The van der Waals surface area contributed by atoms with E-state index in [0.717, 1.165) is 39.1 Å². The van der Waals surface area contributed by atoms with Gasteiger partial charge in [-0.25, -0.2) is 15.0 Å². The van der Waals surface area contributed by atoms with Crippen LogP contribution in [0.5, 0.6) is 0 Å². The zero-order valence-corrected chi connectivity index (χ0v) is 36.4. The van der Waals surface area contributed by atoms with Crippen molar-refractivity contribution in [2.24, 2.45) is 0 Å². The SMILES string of the molecule is CC(C)(C)c1cc(-c2ccc(-c3nc(-c4ccc(-c5cc(C(C)(C)C)cc(C(C)(C)C)c5)cc4)nc(-c4ccc(-c5cnccn5)cc4)n3)cc2)cc(C(C)(C)C)c1. The Bertz CT molecular complexity index is 2340. The number of nitrogens with zero attached hydrogens (tertiary/aromatic N) is 5. The van der Waals surface area contributed by atoms with E-state index in [1.54, 1.807) is 18.6 Å². The second-order valence-electron chi connectivity index (χ2n) is 19.7. The minimum atomic E-state index is 0.0321. The summed E-state index contributed by atoms with van der Waals surface area (Å²) in [6, 6.07) is 39.5. The highest BCUT2D eigenvalue weighted by molar-refractivity contribution is 5.74. The van der Waals surface area contributed by atoms with E-state index in [9.17, 15) is 0 Å². The van der Waals surface area contributed by atoms with E-state index in [2.05, 4.69) is 178 Å². The van der Waals surface area contributed by atoms with Gasteiger partial charge in [0.1, 0.15) is 0 Å². The van der Waals surface area contributed by atoms with Crippen LogP contribution < -0.4 is 0 Å². The first-order valence-corrected chi connectivity index (χ1v) is 20.4. The Labute approximate surface area is 346 Å². The molecule has 2 aromatic heterocycles. The first kappa shape index (κ1) is 40.4. The highest BCUT2D eigenvalue weighted by Crippen LogP contribution is 2.37. The van der Waals surface area contributed by atoms with E-state index in [-0.39, 0.29) is 21.7 Å². The molecule has 0 aliphatic carbocycles. The number of benzene rings is 5. The fourth-order valence-electron chi connectivity index (χ4n) is 6.95. The van der Waals surface area contributed by atoms with E-state index in [1.165, 1.54) is 33.4 Å². The van der Waals surface area contributed by atoms with Gasteiger partial charge in [0.05, 0.1) is 11.9 Å². The third kappa shape index (κ3) is 9.00. The van der Waals surface area contributed by atoms with Crippen LogP contribution in [0.15, 0.2) is 128 Å². The highest BCUT2D eigenvalue weighted by atomic mass is 15.0. The second kappa shape index (κ2) is 15.2. The van der Waals surface area contributed by atoms with Gasteiger partial charge in [-0.2, -0.15) is 0 Å². The molecule has 58 heavy (non-hydrogen) atoms. The molecule has 0 amide bonds. The smallest absolute Gasteiger partial charge is 0.164 e. The number of hydrogen-bond acceptors (Lipinski definition) is 5. The summed E-state index contributed by atoms with van der Waals surface area (Å²) in [5.74, 6) is 1.86. The molecule has 0 atom stereocenters. The predicted octanol–water partition coefficient (Wildman–Crippen LogP) is 13.9. The lowest BCUT2D eigenvalue weighted by molar-refractivity contribution is 0.568. The van der Waals surface area contributed by atoms with Gasteiger partial charge < -0.3 is 0 Å². The van der Waals surface area contributed by atoms with Crippen LogP contribution in [0, 0.1) is 0 Å². The van der Waals surface area contributed by atoms with Gasteiger partial charge in [-0.1, -0.05) is 192 Å². The summed E-state index contributed by atoms with van der Waals surface area (Å²) in [5.41, 5.74) is 14.8. The molecule has 0 aliphatic rings. The molecule has 0 N–H and O–H groups in total. The summed E-state index contributed by atoms with van der Waals surface area (Å²) in [7, 11) is 0. The highest BCUT2D eigenvalue weighted by Gasteiger charge is 2.23. The van der Waals surface area contributed by atoms with Gasteiger partial charge in [-0.15, -0.1) is 0 Å². The van der Waals surface area contributed by atoms with E-state index < -0.39 is 0 Å².